The Morgan fingerprint density at radius 2 is 2.25 bits per heavy atom. The standard InChI is InChI=1S/C9H11NOS/c12-9-10-8-6-2-1-5(3-6)7(8)4-11-9/h1-2,5-8H,3-4H2,(H,10,12)/t5-,6+,7+,8-/m0/s1. The second kappa shape index (κ2) is 2.22. The molecule has 0 spiro atoms. The molecule has 64 valence electrons. The summed E-state index contributed by atoms with van der Waals surface area (Å²) in [7, 11) is 0. The van der Waals surface area contributed by atoms with Gasteiger partial charge >= 0.3 is 0 Å². The predicted octanol–water partition coefficient (Wildman–Crippen LogP) is 1.08. The first kappa shape index (κ1) is 6.89. The van der Waals surface area contributed by atoms with Crippen LogP contribution in [0.25, 0.3) is 0 Å². The van der Waals surface area contributed by atoms with E-state index in [1.54, 1.807) is 0 Å². The first-order valence-corrected chi connectivity index (χ1v) is 4.87. The van der Waals surface area contributed by atoms with E-state index in [0.29, 0.717) is 23.1 Å². The average Bonchev–Trinajstić information content (AvgIpc) is 2.63. The van der Waals surface area contributed by atoms with Crippen LogP contribution in [-0.4, -0.2) is 17.8 Å². The van der Waals surface area contributed by atoms with E-state index in [2.05, 4.69) is 17.5 Å². The van der Waals surface area contributed by atoms with Gasteiger partial charge in [-0.3, -0.25) is 0 Å². The number of hydrogen-bond acceptors (Lipinski definition) is 2. The number of rotatable bonds is 0. The SMILES string of the molecule is S=C1N[C@@H]2[C@H](CO1)[C@H]1C=C[C@@H]2C1. The van der Waals surface area contributed by atoms with Crippen molar-refractivity contribution in [3.63, 3.8) is 0 Å². The third-order valence-corrected chi connectivity index (χ3v) is 3.55. The summed E-state index contributed by atoms with van der Waals surface area (Å²) >= 11 is 4.99. The van der Waals surface area contributed by atoms with Gasteiger partial charge in [-0.15, -0.1) is 0 Å². The van der Waals surface area contributed by atoms with Gasteiger partial charge in [0.1, 0.15) is 0 Å². The van der Waals surface area contributed by atoms with Crippen molar-refractivity contribution in [2.45, 2.75) is 12.5 Å². The van der Waals surface area contributed by atoms with Gasteiger partial charge < -0.3 is 10.1 Å². The molecule has 3 heteroatoms. The Balaban J connectivity index is 1.90. The summed E-state index contributed by atoms with van der Waals surface area (Å²) < 4.78 is 5.33. The molecule has 0 aromatic rings. The van der Waals surface area contributed by atoms with Crippen molar-refractivity contribution in [1.29, 1.82) is 0 Å². The zero-order chi connectivity index (χ0) is 8.13. The molecule has 1 N–H and O–H groups in total. The Labute approximate surface area is 77.0 Å². The molecule has 1 aliphatic heterocycles. The zero-order valence-electron chi connectivity index (χ0n) is 6.69. The maximum absolute atomic E-state index is 5.33. The lowest BCUT2D eigenvalue weighted by Gasteiger charge is -2.34. The number of nitrogens with one attached hydrogen (secondary N) is 1. The summed E-state index contributed by atoms with van der Waals surface area (Å²) in [5.74, 6) is 2.13. The molecule has 0 aromatic carbocycles. The fraction of sp³-hybridized carbons (Fsp3) is 0.667. The summed E-state index contributed by atoms with van der Waals surface area (Å²) in [6.07, 6.45) is 5.96. The molecule has 2 fully saturated rings. The third-order valence-electron chi connectivity index (χ3n) is 3.31. The minimum Gasteiger partial charge on any atom is -0.471 e. The maximum Gasteiger partial charge on any atom is 0.256 e. The smallest absolute Gasteiger partial charge is 0.256 e. The third kappa shape index (κ3) is 0.774. The number of hydrogen-bond donors (Lipinski definition) is 1. The molecule has 1 saturated heterocycles. The van der Waals surface area contributed by atoms with Crippen molar-refractivity contribution in [2.24, 2.45) is 17.8 Å². The van der Waals surface area contributed by atoms with Crippen LogP contribution in [0, 0.1) is 17.8 Å². The van der Waals surface area contributed by atoms with Crippen molar-refractivity contribution in [2.75, 3.05) is 6.61 Å². The molecular weight excluding hydrogens is 170 g/mol. The highest BCUT2D eigenvalue weighted by atomic mass is 32.1. The maximum atomic E-state index is 5.33. The number of allylic oxidation sites excluding steroid dienone is 1. The lowest BCUT2D eigenvalue weighted by Crippen LogP contribution is -2.49. The van der Waals surface area contributed by atoms with Crippen LogP contribution in [0.1, 0.15) is 6.42 Å². The van der Waals surface area contributed by atoms with Gasteiger partial charge in [0.25, 0.3) is 5.17 Å². The van der Waals surface area contributed by atoms with Gasteiger partial charge in [-0.25, -0.2) is 0 Å². The van der Waals surface area contributed by atoms with Crippen molar-refractivity contribution < 1.29 is 4.74 Å². The summed E-state index contributed by atoms with van der Waals surface area (Å²) in [5.41, 5.74) is 0. The molecule has 3 aliphatic rings. The highest BCUT2D eigenvalue weighted by Gasteiger charge is 2.47. The normalized spacial score (nSPS) is 48.5. The molecular formula is C9H11NOS. The molecule has 2 bridgehead atoms. The van der Waals surface area contributed by atoms with Crippen LogP contribution in [0.2, 0.25) is 0 Å². The molecule has 2 nitrogen and oxygen atoms in total. The summed E-state index contributed by atoms with van der Waals surface area (Å²) in [4.78, 5) is 0. The lowest BCUT2D eigenvalue weighted by atomic mass is 9.89. The van der Waals surface area contributed by atoms with E-state index in [-0.39, 0.29) is 0 Å². The van der Waals surface area contributed by atoms with Crippen LogP contribution in [0.5, 0.6) is 0 Å². The second-order valence-corrected chi connectivity index (χ2v) is 4.25. The molecule has 0 aromatic heterocycles. The van der Waals surface area contributed by atoms with Crippen LogP contribution < -0.4 is 5.32 Å². The molecule has 1 heterocycles. The quantitative estimate of drug-likeness (QED) is 0.446. The van der Waals surface area contributed by atoms with E-state index in [0.717, 1.165) is 12.5 Å². The van der Waals surface area contributed by atoms with Crippen LogP contribution in [-0.2, 0) is 4.74 Å². The fourth-order valence-corrected chi connectivity index (χ4v) is 2.92. The average molecular weight is 181 g/mol. The molecule has 3 rings (SSSR count). The molecule has 0 unspecified atom stereocenters. The molecule has 0 amide bonds. The number of ether oxygens (including phenoxy) is 1. The van der Waals surface area contributed by atoms with Crippen LogP contribution in [0.15, 0.2) is 12.2 Å². The van der Waals surface area contributed by atoms with E-state index in [1.165, 1.54) is 6.42 Å². The number of fused-ring (bicyclic) bond motifs is 5. The first-order chi connectivity index (χ1) is 5.84. The minimum absolute atomic E-state index is 0.571. The molecule has 0 radical (unpaired) electrons. The lowest BCUT2D eigenvalue weighted by molar-refractivity contribution is 0.154. The minimum atomic E-state index is 0.571. The van der Waals surface area contributed by atoms with Gasteiger partial charge in [-0.1, -0.05) is 12.2 Å². The largest absolute Gasteiger partial charge is 0.471 e. The van der Waals surface area contributed by atoms with Gasteiger partial charge in [0.05, 0.1) is 6.61 Å². The Bertz CT molecular complexity index is 263. The molecule has 1 saturated carbocycles. The Kier molecular flexibility index (Phi) is 1.28. The van der Waals surface area contributed by atoms with Crippen molar-refractivity contribution in [1.82, 2.24) is 5.32 Å². The highest BCUT2D eigenvalue weighted by molar-refractivity contribution is 7.80. The van der Waals surface area contributed by atoms with Crippen LogP contribution in [0.4, 0.5) is 0 Å². The fourth-order valence-electron chi connectivity index (χ4n) is 2.72. The first-order valence-electron chi connectivity index (χ1n) is 4.46. The highest BCUT2D eigenvalue weighted by Crippen LogP contribution is 2.44. The van der Waals surface area contributed by atoms with Crippen LogP contribution in [0.3, 0.4) is 0 Å². The predicted molar refractivity (Wildman–Crippen MR) is 49.7 cm³/mol. The number of thiocarbonyl (C=S) groups is 1. The molecule has 12 heavy (non-hydrogen) atoms. The topological polar surface area (TPSA) is 21.3 Å². The van der Waals surface area contributed by atoms with Crippen molar-refractivity contribution in [3.8, 4) is 0 Å². The van der Waals surface area contributed by atoms with E-state index in [4.69, 9.17) is 17.0 Å². The van der Waals surface area contributed by atoms with Gasteiger partial charge in [0, 0.05) is 12.0 Å². The van der Waals surface area contributed by atoms with Crippen LogP contribution >= 0.6 is 12.2 Å². The van der Waals surface area contributed by atoms with E-state index in [1.807, 2.05) is 0 Å². The van der Waals surface area contributed by atoms with Crippen molar-refractivity contribution in [3.05, 3.63) is 12.2 Å². The Morgan fingerprint density at radius 3 is 3.17 bits per heavy atom. The summed E-state index contributed by atoms with van der Waals surface area (Å²) in [6.45, 7) is 0.821. The Morgan fingerprint density at radius 1 is 1.42 bits per heavy atom. The van der Waals surface area contributed by atoms with Gasteiger partial charge in [-0.05, 0) is 30.5 Å². The molecule has 2 aliphatic carbocycles. The van der Waals surface area contributed by atoms with E-state index in [9.17, 15) is 0 Å². The van der Waals surface area contributed by atoms with E-state index >= 15 is 0 Å². The van der Waals surface area contributed by atoms with Crippen molar-refractivity contribution >= 4 is 17.4 Å². The Hall–Kier alpha value is -0.570. The van der Waals surface area contributed by atoms with Gasteiger partial charge in [0.2, 0.25) is 0 Å². The monoisotopic (exact) mass is 181 g/mol. The van der Waals surface area contributed by atoms with Gasteiger partial charge in [-0.2, -0.15) is 0 Å². The molecule has 4 atom stereocenters. The zero-order valence-corrected chi connectivity index (χ0v) is 7.51. The van der Waals surface area contributed by atoms with Gasteiger partial charge in [0.15, 0.2) is 0 Å². The summed E-state index contributed by atoms with van der Waals surface area (Å²) in [6, 6.07) is 0.571. The second-order valence-electron chi connectivity index (χ2n) is 3.88. The van der Waals surface area contributed by atoms with E-state index < -0.39 is 0 Å². The summed E-state index contributed by atoms with van der Waals surface area (Å²) in [5, 5.41) is 3.86.